The SMILES string of the molecule is O=c1[nH][nH]c(=O)c2c(=O)c3c(Cl)cc(C(F)(F)F)cc3[nH]c12. The summed E-state index contributed by atoms with van der Waals surface area (Å²) in [5, 5.41) is 2.68. The minimum absolute atomic E-state index is 0.284. The number of benzene rings is 1. The van der Waals surface area contributed by atoms with Crippen LogP contribution in [0.4, 0.5) is 13.2 Å². The van der Waals surface area contributed by atoms with Crippen LogP contribution in [0.25, 0.3) is 21.8 Å². The first kappa shape index (κ1) is 14.4. The molecule has 0 spiro atoms. The number of fused-ring (bicyclic) bond motifs is 2. The van der Waals surface area contributed by atoms with Crippen LogP contribution in [-0.4, -0.2) is 15.2 Å². The third-order valence-electron chi connectivity index (χ3n) is 3.13. The highest BCUT2D eigenvalue weighted by Crippen LogP contribution is 2.33. The maximum absolute atomic E-state index is 12.8. The van der Waals surface area contributed by atoms with Crippen molar-refractivity contribution in [2.45, 2.75) is 6.18 Å². The molecule has 0 aliphatic heterocycles. The molecular weight excluding hydrogens is 327 g/mol. The number of rotatable bonds is 0. The molecule has 3 aromatic rings. The van der Waals surface area contributed by atoms with E-state index >= 15 is 0 Å². The normalized spacial score (nSPS) is 12.2. The number of nitrogens with one attached hydrogen (secondary N) is 3. The summed E-state index contributed by atoms with van der Waals surface area (Å²) in [6, 6.07) is 1.25. The van der Waals surface area contributed by atoms with E-state index in [1.54, 1.807) is 0 Å². The highest BCUT2D eigenvalue weighted by Gasteiger charge is 2.32. The van der Waals surface area contributed by atoms with Crippen molar-refractivity contribution in [2.75, 3.05) is 0 Å². The number of hydrogen-bond acceptors (Lipinski definition) is 3. The van der Waals surface area contributed by atoms with Gasteiger partial charge in [0, 0.05) is 0 Å². The third-order valence-corrected chi connectivity index (χ3v) is 3.42. The van der Waals surface area contributed by atoms with E-state index in [9.17, 15) is 27.6 Å². The Bertz CT molecular complexity index is 1090. The fourth-order valence-corrected chi connectivity index (χ4v) is 2.47. The summed E-state index contributed by atoms with van der Waals surface area (Å²) in [6.45, 7) is 0. The Labute approximate surface area is 122 Å². The van der Waals surface area contributed by atoms with Crippen molar-refractivity contribution in [3.63, 3.8) is 0 Å². The second-order valence-corrected chi connectivity index (χ2v) is 4.90. The van der Waals surface area contributed by atoms with Crippen LogP contribution in [0.1, 0.15) is 5.56 Å². The minimum atomic E-state index is -4.68. The first-order valence-corrected chi connectivity index (χ1v) is 6.15. The highest BCUT2D eigenvalue weighted by atomic mass is 35.5. The molecule has 3 rings (SSSR count). The van der Waals surface area contributed by atoms with E-state index in [0.29, 0.717) is 12.1 Å². The largest absolute Gasteiger partial charge is 0.416 e. The van der Waals surface area contributed by atoms with E-state index in [2.05, 4.69) is 4.98 Å². The van der Waals surface area contributed by atoms with Gasteiger partial charge in [0.15, 0.2) is 0 Å². The number of alkyl halides is 3. The van der Waals surface area contributed by atoms with Gasteiger partial charge < -0.3 is 4.98 Å². The van der Waals surface area contributed by atoms with Crippen LogP contribution in [0.15, 0.2) is 26.5 Å². The van der Waals surface area contributed by atoms with E-state index in [1.807, 2.05) is 10.2 Å². The Morgan fingerprint density at radius 1 is 0.955 bits per heavy atom. The number of H-pyrrole nitrogens is 3. The van der Waals surface area contributed by atoms with Crippen molar-refractivity contribution in [3.05, 3.63) is 53.6 Å². The van der Waals surface area contributed by atoms with E-state index in [-0.39, 0.29) is 10.9 Å². The molecule has 114 valence electrons. The average molecular weight is 332 g/mol. The zero-order chi connectivity index (χ0) is 16.2. The number of aromatic amines is 3. The Hall–Kier alpha value is -2.55. The topological polar surface area (TPSA) is 98.6 Å². The summed E-state index contributed by atoms with van der Waals surface area (Å²) in [7, 11) is 0. The van der Waals surface area contributed by atoms with E-state index in [0.717, 1.165) is 0 Å². The summed E-state index contributed by atoms with van der Waals surface area (Å²) >= 11 is 5.75. The van der Waals surface area contributed by atoms with Gasteiger partial charge in [0.1, 0.15) is 10.9 Å². The molecule has 3 N–H and O–H groups in total. The molecule has 0 aliphatic carbocycles. The van der Waals surface area contributed by atoms with Gasteiger partial charge in [0.2, 0.25) is 5.43 Å². The predicted molar refractivity (Wildman–Crippen MR) is 73.3 cm³/mol. The second kappa shape index (κ2) is 4.47. The van der Waals surface area contributed by atoms with Gasteiger partial charge in [-0.2, -0.15) is 13.2 Å². The average Bonchev–Trinajstić information content (AvgIpc) is 2.41. The molecule has 0 bridgehead atoms. The maximum atomic E-state index is 12.8. The summed E-state index contributed by atoms with van der Waals surface area (Å²) in [6.07, 6.45) is -4.68. The fraction of sp³-hybridized carbons (Fsp3) is 0.0833. The summed E-state index contributed by atoms with van der Waals surface area (Å²) in [5.74, 6) is 0. The molecule has 0 saturated carbocycles. The summed E-state index contributed by atoms with van der Waals surface area (Å²) in [5.41, 5.74) is -4.43. The van der Waals surface area contributed by atoms with Crippen LogP contribution in [0.2, 0.25) is 5.02 Å². The quantitative estimate of drug-likeness (QED) is 0.547. The molecule has 2 heterocycles. The first-order chi connectivity index (χ1) is 10.2. The lowest BCUT2D eigenvalue weighted by Gasteiger charge is -2.09. The fourth-order valence-electron chi connectivity index (χ4n) is 2.16. The zero-order valence-electron chi connectivity index (χ0n) is 10.4. The van der Waals surface area contributed by atoms with Crippen molar-refractivity contribution in [1.29, 1.82) is 0 Å². The van der Waals surface area contributed by atoms with Crippen molar-refractivity contribution in [1.82, 2.24) is 15.2 Å². The van der Waals surface area contributed by atoms with Crippen LogP contribution >= 0.6 is 11.6 Å². The monoisotopic (exact) mass is 331 g/mol. The van der Waals surface area contributed by atoms with Crippen LogP contribution < -0.4 is 16.5 Å². The van der Waals surface area contributed by atoms with Crippen molar-refractivity contribution in [2.24, 2.45) is 0 Å². The second-order valence-electron chi connectivity index (χ2n) is 4.49. The molecule has 0 unspecified atom stereocenters. The molecule has 0 aliphatic rings. The van der Waals surface area contributed by atoms with Crippen molar-refractivity contribution in [3.8, 4) is 0 Å². The van der Waals surface area contributed by atoms with Crippen molar-refractivity contribution < 1.29 is 13.2 Å². The summed E-state index contributed by atoms with van der Waals surface area (Å²) < 4.78 is 38.3. The van der Waals surface area contributed by atoms with Gasteiger partial charge in [0.05, 0.1) is 21.5 Å². The van der Waals surface area contributed by atoms with Gasteiger partial charge in [-0.25, -0.2) is 0 Å². The molecule has 22 heavy (non-hydrogen) atoms. The molecule has 6 nitrogen and oxygen atoms in total. The molecular formula is C12H5ClF3N3O3. The summed E-state index contributed by atoms with van der Waals surface area (Å²) in [4.78, 5) is 38.0. The third kappa shape index (κ3) is 2.01. The predicted octanol–water partition coefficient (Wildman–Crippen LogP) is 1.73. The standard InChI is InChI=1S/C12H5ClF3N3O3/c13-4-1-3(12(14,15)16)2-5-6(4)9(20)7-8(17-5)11(22)19-18-10(7)21/h1-2H,(H,17,20)(H,18,21)(H,19,22). The van der Waals surface area contributed by atoms with Crippen LogP contribution in [0.3, 0.4) is 0 Å². The molecule has 0 fully saturated rings. The van der Waals surface area contributed by atoms with Crippen LogP contribution in [-0.2, 0) is 6.18 Å². The van der Waals surface area contributed by atoms with Gasteiger partial charge in [0.25, 0.3) is 11.1 Å². The van der Waals surface area contributed by atoms with Gasteiger partial charge in [-0.3, -0.25) is 24.6 Å². The Morgan fingerprint density at radius 3 is 2.23 bits per heavy atom. The number of pyridine rings is 1. The van der Waals surface area contributed by atoms with Crippen LogP contribution in [0.5, 0.6) is 0 Å². The van der Waals surface area contributed by atoms with Gasteiger partial charge in [-0.05, 0) is 12.1 Å². The number of halogens is 4. The van der Waals surface area contributed by atoms with Gasteiger partial charge in [-0.1, -0.05) is 11.6 Å². The highest BCUT2D eigenvalue weighted by molar-refractivity contribution is 6.35. The first-order valence-electron chi connectivity index (χ1n) is 5.77. The van der Waals surface area contributed by atoms with Crippen LogP contribution in [0, 0.1) is 0 Å². The molecule has 0 saturated heterocycles. The lowest BCUT2D eigenvalue weighted by Crippen LogP contribution is -2.26. The molecule has 0 radical (unpaired) electrons. The lowest BCUT2D eigenvalue weighted by atomic mass is 10.1. The maximum Gasteiger partial charge on any atom is 0.416 e. The van der Waals surface area contributed by atoms with Gasteiger partial charge >= 0.3 is 6.18 Å². The Morgan fingerprint density at radius 2 is 1.59 bits per heavy atom. The van der Waals surface area contributed by atoms with E-state index < -0.39 is 44.2 Å². The van der Waals surface area contributed by atoms with Gasteiger partial charge in [-0.15, -0.1) is 0 Å². The number of aromatic nitrogens is 3. The Kier molecular flexibility index (Phi) is 2.92. The van der Waals surface area contributed by atoms with E-state index in [4.69, 9.17) is 11.6 Å². The molecule has 2 aromatic heterocycles. The Balaban J connectivity index is 2.62. The number of hydrogen-bond donors (Lipinski definition) is 3. The molecule has 10 heteroatoms. The van der Waals surface area contributed by atoms with E-state index in [1.165, 1.54) is 0 Å². The minimum Gasteiger partial charge on any atom is -0.350 e. The molecule has 0 atom stereocenters. The smallest absolute Gasteiger partial charge is 0.350 e. The molecule has 0 amide bonds. The molecule has 1 aromatic carbocycles. The zero-order valence-corrected chi connectivity index (χ0v) is 11.1. The van der Waals surface area contributed by atoms with Crippen molar-refractivity contribution >= 4 is 33.4 Å². The lowest BCUT2D eigenvalue weighted by molar-refractivity contribution is -0.137.